The Bertz CT molecular complexity index is 1280. The second-order valence-electron chi connectivity index (χ2n) is 8.29. The molecule has 158 valence electrons. The number of aryl methyl sites for hydroxylation is 4. The Morgan fingerprint density at radius 1 is 1.00 bits per heavy atom. The van der Waals surface area contributed by atoms with Crippen molar-refractivity contribution in [2.75, 3.05) is 5.32 Å². The predicted molar refractivity (Wildman–Crippen MR) is 124 cm³/mol. The molecule has 0 atom stereocenters. The van der Waals surface area contributed by atoms with Crippen molar-refractivity contribution in [1.82, 2.24) is 19.7 Å². The number of rotatable bonds is 4. The van der Waals surface area contributed by atoms with Crippen molar-refractivity contribution in [3.05, 3.63) is 70.7 Å². The topological polar surface area (TPSA) is 72.7 Å². The van der Waals surface area contributed by atoms with Crippen LogP contribution in [0.3, 0.4) is 0 Å². The first-order valence-corrected chi connectivity index (χ1v) is 10.5. The zero-order valence-electron chi connectivity index (χ0n) is 18.8. The number of amides is 1. The fourth-order valence-corrected chi connectivity index (χ4v) is 3.98. The van der Waals surface area contributed by atoms with Crippen LogP contribution in [0.15, 0.2) is 42.6 Å². The molecule has 3 aromatic heterocycles. The van der Waals surface area contributed by atoms with Crippen molar-refractivity contribution < 1.29 is 4.79 Å². The van der Waals surface area contributed by atoms with Gasteiger partial charge in [0, 0.05) is 17.3 Å². The van der Waals surface area contributed by atoms with E-state index >= 15 is 0 Å². The maximum atomic E-state index is 13.5. The Balaban J connectivity index is 1.89. The summed E-state index contributed by atoms with van der Waals surface area (Å²) in [5.41, 5.74) is 7.58. The van der Waals surface area contributed by atoms with Crippen molar-refractivity contribution >= 4 is 22.6 Å². The molecule has 0 aliphatic carbocycles. The van der Waals surface area contributed by atoms with E-state index in [9.17, 15) is 4.79 Å². The Labute approximate surface area is 182 Å². The minimum absolute atomic E-state index is 0.124. The number of carbonyl (C=O) groups is 1. The number of hydrogen-bond acceptors (Lipinski definition) is 4. The minimum Gasteiger partial charge on any atom is -0.320 e. The zero-order valence-corrected chi connectivity index (χ0v) is 18.8. The summed E-state index contributed by atoms with van der Waals surface area (Å²) in [7, 11) is 0. The van der Waals surface area contributed by atoms with Gasteiger partial charge >= 0.3 is 0 Å². The van der Waals surface area contributed by atoms with Crippen LogP contribution in [0, 0.1) is 27.7 Å². The molecule has 6 heteroatoms. The van der Waals surface area contributed by atoms with E-state index in [1.807, 2.05) is 68.8 Å². The highest BCUT2D eigenvalue weighted by Crippen LogP contribution is 2.29. The van der Waals surface area contributed by atoms with Gasteiger partial charge in [-0.1, -0.05) is 24.3 Å². The maximum absolute atomic E-state index is 13.5. The Morgan fingerprint density at radius 2 is 1.74 bits per heavy atom. The fraction of sp³-hybridized carbons (Fsp3) is 0.280. The summed E-state index contributed by atoms with van der Waals surface area (Å²) in [6.45, 7) is 12.0. The second-order valence-corrected chi connectivity index (χ2v) is 8.29. The molecular formula is C25H27N5O. The lowest BCUT2D eigenvalue weighted by molar-refractivity contribution is 0.102. The van der Waals surface area contributed by atoms with Crippen LogP contribution in [0.1, 0.15) is 52.8 Å². The van der Waals surface area contributed by atoms with Gasteiger partial charge in [0.1, 0.15) is 0 Å². The molecule has 0 saturated carbocycles. The molecule has 0 aliphatic rings. The average Bonchev–Trinajstić information content (AvgIpc) is 3.14. The number of anilines is 1. The molecule has 0 fully saturated rings. The van der Waals surface area contributed by atoms with Crippen molar-refractivity contribution in [2.24, 2.45) is 0 Å². The largest absolute Gasteiger partial charge is 0.320 e. The molecule has 0 spiro atoms. The quantitative estimate of drug-likeness (QED) is 0.475. The fourth-order valence-electron chi connectivity index (χ4n) is 3.98. The first-order chi connectivity index (χ1) is 14.8. The summed E-state index contributed by atoms with van der Waals surface area (Å²) >= 11 is 0. The smallest absolute Gasteiger partial charge is 0.256 e. The number of fused-ring (bicyclic) bond motifs is 1. The Hall–Kier alpha value is -3.54. The number of nitrogens with zero attached hydrogens (tertiary/aromatic N) is 4. The lowest BCUT2D eigenvalue weighted by Gasteiger charge is -2.14. The summed E-state index contributed by atoms with van der Waals surface area (Å²) < 4.78 is 1.86. The molecule has 31 heavy (non-hydrogen) atoms. The van der Waals surface area contributed by atoms with E-state index in [0.717, 1.165) is 44.8 Å². The van der Waals surface area contributed by atoms with Gasteiger partial charge in [-0.3, -0.25) is 9.78 Å². The molecule has 4 aromatic rings. The van der Waals surface area contributed by atoms with Crippen LogP contribution in [0.4, 0.5) is 5.69 Å². The van der Waals surface area contributed by atoms with Gasteiger partial charge < -0.3 is 5.32 Å². The number of nitrogens with one attached hydrogen (secondary N) is 1. The predicted octanol–water partition coefficient (Wildman–Crippen LogP) is 5.56. The summed E-state index contributed by atoms with van der Waals surface area (Å²) in [5, 5.41) is 8.33. The highest BCUT2D eigenvalue weighted by atomic mass is 16.1. The first kappa shape index (κ1) is 20.7. The highest BCUT2D eigenvalue weighted by Gasteiger charge is 2.20. The summed E-state index contributed by atoms with van der Waals surface area (Å²) in [5.74, 6) is -0.192. The molecule has 0 bridgehead atoms. The van der Waals surface area contributed by atoms with Crippen LogP contribution in [-0.4, -0.2) is 25.7 Å². The zero-order chi connectivity index (χ0) is 22.3. The van der Waals surface area contributed by atoms with Gasteiger partial charge in [-0.05, 0) is 64.8 Å². The van der Waals surface area contributed by atoms with Crippen LogP contribution in [-0.2, 0) is 0 Å². The summed E-state index contributed by atoms with van der Waals surface area (Å²) in [4.78, 5) is 22.9. The molecule has 6 nitrogen and oxygen atoms in total. The number of aromatic nitrogens is 4. The monoisotopic (exact) mass is 413 g/mol. The Morgan fingerprint density at radius 3 is 2.42 bits per heavy atom. The number of benzene rings is 1. The lowest BCUT2D eigenvalue weighted by Crippen LogP contribution is -2.16. The lowest BCUT2D eigenvalue weighted by atomic mass is 10.0. The van der Waals surface area contributed by atoms with Gasteiger partial charge in [0.25, 0.3) is 5.91 Å². The third-order valence-electron chi connectivity index (χ3n) is 5.49. The molecule has 0 aliphatic heterocycles. The van der Waals surface area contributed by atoms with Crippen LogP contribution < -0.4 is 5.32 Å². The molecule has 1 aromatic carbocycles. The third-order valence-corrected chi connectivity index (χ3v) is 5.49. The average molecular weight is 414 g/mol. The SMILES string of the molecule is Cc1cc(C)c(NC(=O)c2cc(-c3ccccc3C)nc3c2cnn3C(C)C)c(C)n1. The van der Waals surface area contributed by atoms with E-state index in [0.29, 0.717) is 11.2 Å². The summed E-state index contributed by atoms with van der Waals surface area (Å²) in [6, 6.07) is 12.0. The molecule has 1 N–H and O–H groups in total. The van der Waals surface area contributed by atoms with E-state index in [1.54, 1.807) is 6.20 Å². The van der Waals surface area contributed by atoms with Gasteiger partial charge in [-0.25, -0.2) is 9.67 Å². The van der Waals surface area contributed by atoms with Crippen molar-refractivity contribution in [3.8, 4) is 11.3 Å². The van der Waals surface area contributed by atoms with E-state index in [4.69, 9.17) is 4.98 Å². The minimum atomic E-state index is -0.192. The van der Waals surface area contributed by atoms with Crippen LogP contribution in [0.25, 0.3) is 22.3 Å². The standard InChI is InChI=1S/C25H27N5O/c1-14(2)30-24-21(13-26-30)20(12-22(28-24)19-10-8-7-9-15(19)3)25(31)29-23-16(4)11-17(5)27-18(23)6/h7-14H,1-6H3,(H,29,31). The van der Waals surface area contributed by atoms with Gasteiger partial charge in [-0.2, -0.15) is 5.10 Å². The molecule has 4 rings (SSSR count). The molecule has 0 unspecified atom stereocenters. The van der Waals surface area contributed by atoms with E-state index in [2.05, 4.69) is 29.2 Å². The molecule has 1 amide bonds. The van der Waals surface area contributed by atoms with E-state index < -0.39 is 0 Å². The third kappa shape index (κ3) is 3.81. The molecular weight excluding hydrogens is 386 g/mol. The number of hydrogen-bond donors (Lipinski definition) is 1. The Kier molecular flexibility index (Phi) is 5.31. The number of pyridine rings is 2. The highest BCUT2D eigenvalue weighted by molar-refractivity contribution is 6.13. The van der Waals surface area contributed by atoms with Crippen LogP contribution in [0.5, 0.6) is 0 Å². The molecule has 0 radical (unpaired) electrons. The van der Waals surface area contributed by atoms with Crippen molar-refractivity contribution in [3.63, 3.8) is 0 Å². The number of carbonyl (C=O) groups excluding carboxylic acids is 1. The van der Waals surface area contributed by atoms with E-state index in [-0.39, 0.29) is 11.9 Å². The van der Waals surface area contributed by atoms with Crippen LogP contribution in [0.2, 0.25) is 0 Å². The van der Waals surface area contributed by atoms with E-state index in [1.165, 1.54) is 0 Å². The molecule has 0 saturated heterocycles. The van der Waals surface area contributed by atoms with Gasteiger partial charge in [0.15, 0.2) is 5.65 Å². The first-order valence-electron chi connectivity index (χ1n) is 10.5. The summed E-state index contributed by atoms with van der Waals surface area (Å²) in [6.07, 6.45) is 1.73. The second kappa shape index (κ2) is 7.95. The van der Waals surface area contributed by atoms with Gasteiger partial charge in [0.05, 0.1) is 34.2 Å². The normalized spacial score (nSPS) is 11.3. The maximum Gasteiger partial charge on any atom is 0.256 e. The van der Waals surface area contributed by atoms with Crippen molar-refractivity contribution in [1.29, 1.82) is 0 Å². The van der Waals surface area contributed by atoms with Crippen molar-refractivity contribution in [2.45, 2.75) is 47.6 Å². The van der Waals surface area contributed by atoms with Crippen LogP contribution >= 0.6 is 0 Å². The molecule has 3 heterocycles. The van der Waals surface area contributed by atoms with Gasteiger partial charge in [0.2, 0.25) is 0 Å². The van der Waals surface area contributed by atoms with Gasteiger partial charge in [-0.15, -0.1) is 0 Å².